The number of nitrogen functional groups attached to an aromatic ring is 1. The fourth-order valence-electron chi connectivity index (χ4n) is 2.06. The number of ether oxygens (including phenoxy) is 1. The monoisotopic (exact) mass is 266 g/mol. The molecule has 1 saturated heterocycles. The lowest BCUT2D eigenvalue weighted by atomic mass is 10.1. The molecule has 2 heterocycles. The zero-order chi connectivity index (χ0) is 13.8. The molecule has 1 aromatic heterocycles. The van der Waals surface area contributed by atoms with Gasteiger partial charge in [0.1, 0.15) is 0 Å². The van der Waals surface area contributed by atoms with E-state index in [2.05, 4.69) is 10.4 Å². The Morgan fingerprint density at radius 2 is 2.53 bits per heavy atom. The predicted molar refractivity (Wildman–Crippen MR) is 69.4 cm³/mol. The van der Waals surface area contributed by atoms with Gasteiger partial charge in [0, 0.05) is 18.9 Å². The van der Waals surface area contributed by atoms with Crippen molar-refractivity contribution in [3.05, 3.63) is 24.0 Å². The summed E-state index contributed by atoms with van der Waals surface area (Å²) in [5.41, 5.74) is 3.43. The molecule has 0 aromatic carbocycles. The van der Waals surface area contributed by atoms with Crippen LogP contribution in [-0.4, -0.2) is 52.8 Å². The highest BCUT2D eigenvalue weighted by molar-refractivity contribution is 5.99. The number of hydrogen-bond acceptors (Lipinski definition) is 6. The average molecular weight is 266 g/mol. The molecule has 2 atom stereocenters. The van der Waals surface area contributed by atoms with E-state index in [1.54, 1.807) is 17.2 Å². The number of aromatic nitrogens is 1. The molecule has 7 heteroatoms. The first-order valence-corrected chi connectivity index (χ1v) is 6.11. The van der Waals surface area contributed by atoms with E-state index < -0.39 is 0 Å². The lowest BCUT2D eigenvalue weighted by Gasteiger charge is -2.37. The van der Waals surface area contributed by atoms with Crippen molar-refractivity contribution >= 4 is 11.6 Å². The summed E-state index contributed by atoms with van der Waals surface area (Å²) in [4.78, 5) is 18.1. The number of aliphatic hydroxyl groups is 1. The van der Waals surface area contributed by atoms with Crippen LogP contribution in [0.1, 0.15) is 17.3 Å². The third kappa shape index (κ3) is 2.83. The average Bonchev–Trinajstić information content (AvgIpc) is 2.47. The van der Waals surface area contributed by atoms with Gasteiger partial charge in [-0.15, -0.1) is 0 Å². The molecular formula is C12H18N4O3. The Balaban J connectivity index is 2.22. The van der Waals surface area contributed by atoms with Crippen LogP contribution in [0.2, 0.25) is 0 Å². The number of rotatable bonds is 3. The summed E-state index contributed by atoms with van der Waals surface area (Å²) in [6.07, 6.45) is 2.70. The summed E-state index contributed by atoms with van der Waals surface area (Å²) in [7, 11) is 0. The quantitative estimate of drug-likeness (QED) is 0.508. The van der Waals surface area contributed by atoms with E-state index in [1.807, 2.05) is 6.92 Å². The summed E-state index contributed by atoms with van der Waals surface area (Å²) >= 11 is 0. The SMILES string of the molecule is CC1COC(CO)CN1C(=O)c1cnccc1NN. The number of nitrogens with two attached hydrogens (primary N) is 1. The zero-order valence-electron chi connectivity index (χ0n) is 10.7. The molecule has 1 amide bonds. The highest BCUT2D eigenvalue weighted by Gasteiger charge is 2.30. The maximum atomic E-state index is 12.5. The molecule has 0 saturated carbocycles. The van der Waals surface area contributed by atoms with Gasteiger partial charge in [-0.3, -0.25) is 15.6 Å². The third-order valence-electron chi connectivity index (χ3n) is 3.18. The van der Waals surface area contributed by atoms with Gasteiger partial charge < -0.3 is 20.2 Å². The van der Waals surface area contributed by atoms with E-state index in [-0.39, 0.29) is 24.7 Å². The molecule has 2 rings (SSSR count). The Morgan fingerprint density at radius 3 is 3.21 bits per heavy atom. The number of hydrogen-bond donors (Lipinski definition) is 3. The second-order valence-corrected chi connectivity index (χ2v) is 4.51. The number of nitrogens with zero attached hydrogens (tertiary/aromatic N) is 2. The van der Waals surface area contributed by atoms with Gasteiger partial charge in [0.25, 0.3) is 5.91 Å². The van der Waals surface area contributed by atoms with Crippen LogP contribution in [0.5, 0.6) is 0 Å². The van der Waals surface area contributed by atoms with Crippen LogP contribution >= 0.6 is 0 Å². The van der Waals surface area contributed by atoms with Crippen molar-refractivity contribution in [2.45, 2.75) is 19.1 Å². The molecule has 0 spiro atoms. The second kappa shape index (κ2) is 5.96. The van der Waals surface area contributed by atoms with Gasteiger partial charge in [-0.25, -0.2) is 0 Å². The molecule has 1 aliphatic heterocycles. The molecule has 1 aromatic rings. The Hall–Kier alpha value is -1.70. The molecule has 4 N–H and O–H groups in total. The van der Waals surface area contributed by atoms with Crippen LogP contribution < -0.4 is 11.3 Å². The van der Waals surface area contributed by atoms with Gasteiger partial charge in [0.2, 0.25) is 0 Å². The number of carbonyl (C=O) groups excluding carboxylic acids is 1. The highest BCUT2D eigenvalue weighted by atomic mass is 16.5. The highest BCUT2D eigenvalue weighted by Crippen LogP contribution is 2.19. The Morgan fingerprint density at radius 1 is 1.74 bits per heavy atom. The van der Waals surface area contributed by atoms with Crippen LogP contribution in [0.3, 0.4) is 0 Å². The maximum Gasteiger partial charge on any atom is 0.257 e. The molecule has 0 aliphatic carbocycles. The normalized spacial score (nSPS) is 23.2. The molecule has 0 bridgehead atoms. The summed E-state index contributed by atoms with van der Waals surface area (Å²) in [5, 5.41) is 9.14. The van der Waals surface area contributed by atoms with Gasteiger partial charge in [0.05, 0.1) is 36.6 Å². The summed E-state index contributed by atoms with van der Waals surface area (Å²) in [5.74, 6) is 5.22. The van der Waals surface area contributed by atoms with E-state index in [4.69, 9.17) is 15.7 Å². The van der Waals surface area contributed by atoms with Crippen molar-refractivity contribution in [2.75, 3.05) is 25.2 Å². The second-order valence-electron chi connectivity index (χ2n) is 4.51. The maximum absolute atomic E-state index is 12.5. The first-order valence-electron chi connectivity index (χ1n) is 6.11. The first-order chi connectivity index (χ1) is 9.17. The molecule has 7 nitrogen and oxygen atoms in total. The van der Waals surface area contributed by atoms with Crippen LogP contribution in [0.4, 0.5) is 5.69 Å². The molecule has 19 heavy (non-hydrogen) atoms. The van der Waals surface area contributed by atoms with Crippen molar-refractivity contribution < 1.29 is 14.6 Å². The van der Waals surface area contributed by atoms with Gasteiger partial charge in [0.15, 0.2) is 0 Å². The van der Waals surface area contributed by atoms with Gasteiger partial charge >= 0.3 is 0 Å². The number of pyridine rings is 1. The van der Waals surface area contributed by atoms with E-state index in [9.17, 15) is 4.79 Å². The van der Waals surface area contributed by atoms with Crippen molar-refractivity contribution in [2.24, 2.45) is 5.84 Å². The number of amides is 1. The molecule has 1 aliphatic rings. The number of hydrazine groups is 1. The number of morpholine rings is 1. The third-order valence-corrected chi connectivity index (χ3v) is 3.18. The standard InChI is InChI=1S/C12H18N4O3/c1-8-7-19-9(6-17)5-16(8)12(18)10-4-14-3-2-11(10)15-13/h2-4,8-9,17H,5-7,13H2,1H3,(H,14,15). The van der Waals surface area contributed by atoms with E-state index >= 15 is 0 Å². The Bertz CT molecular complexity index is 454. The van der Waals surface area contributed by atoms with Gasteiger partial charge in [-0.2, -0.15) is 0 Å². The fourth-order valence-corrected chi connectivity index (χ4v) is 2.06. The minimum Gasteiger partial charge on any atom is -0.394 e. The van der Waals surface area contributed by atoms with Crippen LogP contribution in [-0.2, 0) is 4.74 Å². The number of anilines is 1. The largest absolute Gasteiger partial charge is 0.394 e. The molecule has 1 fully saturated rings. The number of aliphatic hydroxyl groups excluding tert-OH is 1. The van der Waals surface area contributed by atoms with Gasteiger partial charge in [-0.05, 0) is 13.0 Å². The lowest BCUT2D eigenvalue weighted by Crippen LogP contribution is -2.52. The van der Waals surface area contributed by atoms with Crippen molar-refractivity contribution in [1.82, 2.24) is 9.88 Å². The first kappa shape index (κ1) is 13.7. The van der Waals surface area contributed by atoms with Crippen LogP contribution in [0, 0.1) is 0 Å². The van der Waals surface area contributed by atoms with Crippen molar-refractivity contribution in [3.8, 4) is 0 Å². The summed E-state index contributed by atoms with van der Waals surface area (Å²) in [6.45, 7) is 2.56. The van der Waals surface area contributed by atoms with Crippen molar-refractivity contribution in [1.29, 1.82) is 0 Å². The fraction of sp³-hybridized carbons (Fsp3) is 0.500. The summed E-state index contributed by atoms with van der Waals surface area (Å²) < 4.78 is 5.41. The van der Waals surface area contributed by atoms with E-state index in [1.165, 1.54) is 6.20 Å². The van der Waals surface area contributed by atoms with E-state index in [0.29, 0.717) is 24.4 Å². The number of nitrogens with one attached hydrogen (secondary N) is 1. The molecule has 104 valence electrons. The van der Waals surface area contributed by atoms with Crippen LogP contribution in [0.25, 0.3) is 0 Å². The minimum absolute atomic E-state index is 0.0545. The molecular weight excluding hydrogens is 248 g/mol. The zero-order valence-corrected chi connectivity index (χ0v) is 10.7. The Labute approximate surface area is 111 Å². The minimum atomic E-state index is -0.342. The van der Waals surface area contributed by atoms with Crippen molar-refractivity contribution in [3.63, 3.8) is 0 Å². The Kier molecular flexibility index (Phi) is 4.31. The molecule has 0 radical (unpaired) electrons. The number of carbonyl (C=O) groups is 1. The predicted octanol–water partition coefficient (Wildman–Crippen LogP) is -0.411. The topological polar surface area (TPSA) is 101 Å². The lowest BCUT2D eigenvalue weighted by molar-refractivity contribution is -0.0667. The molecule has 2 unspecified atom stereocenters. The summed E-state index contributed by atoms with van der Waals surface area (Å²) in [6, 6.07) is 1.59. The smallest absolute Gasteiger partial charge is 0.257 e. The van der Waals surface area contributed by atoms with E-state index in [0.717, 1.165) is 0 Å². The van der Waals surface area contributed by atoms with Gasteiger partial charge in [-0.1, -0.05) is 0 Å². The van der Waals surface area contributed by atoms with Crippen LogP contribution in [0.15, 0.2) is 18.5 Å².